The minimum Gasteiger partial charge on any atom is -0.119 e. The minimum absolute atomic E-state index is 1.04. The van der Waals surface area contributed by atoms with Gasteiger partial charge in [-0.3, -0.25) is 0 Å². The Labute approximate surface area is 127 Å². The average molecular weight is 290 g/mol. The fraction of sp³-hybridized carbons (Fsp3) is 0.684. The largest absolute Gasteiger partial charge is 0.119 e. The SMILES string of the molecule is c1ccc(CCPC2CCCCCCCCCC2)cc1. The molecule has 1 unspecified atom stereocenters. The van der Waals surface area contributed by atoms with E-state index in [0.29, 0.717) is 0 Å². The van der Waals surface area contributed by atoms with Crippen molar-refractivity contribution in [2.45, 2.75) is 76.3 Å². The Morgan fingerprint density at radius 1 is 0.750 bits per heavy atom. The third kappa shape index (κ3) is 6.89. The standard InChI is InChI=1S/C19H31P/c1-2-4-6-11-15-19(14-10-5-3-1)20-17-16-18-12-8-7-9-13-18/h7-9,12-13,19-20H,1-6,10-11,14-17H2. The van der Waals surface area contributed by atoms with Crippen LogP contribution in [0.15, 0.2) is 30.3 Å². The fourth-order valence-electron chi connectivity index (χ4n) is 3.26. The van der Waals surface area contributed by atoms with Crippen LogP contribution in [0.5, 0.6) is 0 Å². The second-order valence-electron chi connectivity index (χ2n) is 6.29. The van der Waals surface area contributed by atoms with E-state index in [-0.39, 0.29) is 0 Å². The number of benzene rings is 1. The van der Waals surface area contributed by atoms with Gasteiger partial charge in [-0.1, -0.05) is 81.7 Å². The summed E-state index contributed by atoms with van der Waals surface area (Å²) in [6.45, 7) is 0. The second-order valence-corrected chi connectivity index (χ2v) is 8.02. The number of hydrogen-bond donors (Lipinski definition) is 0. The molecule has 1 aliphatic rings. The predicted molar refractivity (Wildman–Crippen MR) is 93.3 cm³/mol. The first kappa shape index (κ1) is 16.0. The van der Waals surface area contributed by atoms with Gasteiger partial charge < -0.3 is 0 Å². The molecule has 1 atom stereocenters. The summed E-state index contributed by atoms with van der Waals surface area (Å²) in [5.74, 6) is 0. The van der Waals surface area contributed by atoms with Crippen LogP contribution in [-0.4, -0.2) is 11.8 Å². The van der Waals surface area contributed by atoms with Crippen LogP contribution in [0.25, 0.3) is 0 Å². The van der Waals surface area contributed by atoms with Gasteiger partial charge in [-0.05, 0) is 36.6 Å². The van der Waals surface area contributed by atoms with Crippen molar-refractivity contribution in [3.8, 4) is 0 Å². The molecule has 0 radical (unpaired) electrons. The van der Waals surface area contributed by atoms with Crippen molar-refractivity contribution in [2.75, 3.05) is 6.16 Å². The highest BCUT2D eigenvalue weighted by Gasteiger charge is 2.09. The Hall–Kier alpha value is -0.350. The molecule has 0 amide bonds. The van der Waals surface area contributed by atoms with Crippen LogP contribution in [0.1, 0.15) is 69.8 Å². The van der Waals surface area contributed by atoms with Crippen LogP contribution in [0.3, 0.4) is 0 Å². The van der Waals surface area contributed by atoms with Gasteiger partial charge in [0.2, 0.25) is 0 Å². The van der Waals surface area contributed by atoms with Gasteiger partial charge in [-0.2, -0.15) is 0 Å². The molecule has 112 valence electrons. The first-order valence-electron chi connectivity index (χ1n) is 8.72. The van der Waals surface area contributed by atoms with Gasteiger partial charge in [0.25, 0.3) is 0 Å². The summed E-state index contributed by atoms with van der Waals surface area (Å²) in [4.78, 5) is 0. The van der Waals surface area contributed by atoms with E-state index in [1.165, 1.54) is 90.9 Å². The van der Waals surface area contributed by atoms with Gasteiger partial charge in [0.15, 0.2) is 0 Å². The van der Waals surface area contributed by atoms with E-state index in [4.69, 9.17) is 0 Å². The Morgan fingerprint density at radius 2 is 1.30 bits per heavy atom. The molecule has 2 rings (SSSR count). The Morgan fingerprint density at radius 3 is 1.90 bits per heavy atom. The van der Waals surface area contributed by atoms with Crippen molar-refractivity contribution in [1.29, 1.82) is 0 Å². The lowest BCUT2D eigenvalue weighted by Gasteiger charge is -2.16. The highest BCUT2D eigenvalue weighted by atomic mass is 31.1. The summed E-state index contributed by atoms with van der Waals surface area (Å²) in [5.41, 5.74) is 2.56. The van der Waals surface area contributed by atoms with Crippen LogP contribution >= 0.6 is 8.58 Å². The van der Waals surface area contributed by atoms with E-state index in [2.05, 4.69) is 30.3 Å². The molecule has 0 bridgehead atoms. The van der Waals surface area contributed by atoms with E-state index in [9.17, 15) is 0 Å². The van der Waals surface area contributed by atoms with Crippen molar-refractivity contribution in [3.63, 3.8) is 0 Å². The summed E-state index contributed by atoms with van der Waals surface area (Å²) >= 11 is 0. The minimum atomic E-state index is 1.04. The summed E-state index contributed by atoms with van der Waals surface area (Å²) in [6.07, 6.45) is 17.6. The average Bonchev–Trinajstić information content (AvgIpc) is 2.54. The molecule has 20 heavy (non-hydrogen) atoms. The molecule has 1 aromatic rings. The zero-order valence-electron chi connectivity index (χ0n) is 12.9. The molecular formula is C19H31P. The lowest BCUT2D eigenvalue weighted by molar-refractivity contribution is 0.585. The van der Waals surface area contributed by atoms with Crippen molar-refractivity contribution in [2.24, 2.45) is 0 Å². The first-order chi connectivity index (χ1) is 9.95. The van der Waals surface area contributed by atoms with Crippen molar-refractivity contribution >= 4 is 8.58 Å². The summed E-state index contributed by atoms with van der Waals surface area (Å²) in [6, 6.07) is 11.0. The van der Waals surface area contributed by atoms with Crippen LogP contribution < -0.4 is 0 Å². The van der Waals surface area contributed by atoms with Gasteiger partial charge >= 0.3 is 0 Å². The van der Waals surface area contributed by atoms with E-state index in [1.54, 1.807) is 0 Å². The maximum atomic E-state index is 2.28. The molecule has 1 fully saturated rings. The lowest BCUT2D eigenvalue weighted by Crippen LogP contribution is -2.03. The third-order valence-electron chi connectivity index (χ3n) is 4.54. The van der Waals surface area contributed by atoms with Gasteiger partial charge in [0.1, 0.15) is 0 Å². The van der Waals surface area contributed by atoms with Gasteiger partial charge in [-0.25, -0.2) is 0 Å². The molecule has 0 spiro atoms. The lowest BCUT2D eigenvalue weighted by atomic mass is 10.1. The number of aryl methyl sites for hydroxylation is 1. The molecule has 1 saturated carbocycles. The van der Waals surface area contributed by atoms with Crippen molar-refractivity contribution in [1.82, 2.24) is 0 Å². The highest BCUT2D eigenvalue weighted by molar-refractivity contribution is 7.38. The molecule has 1 aliphatic carbocycles. The fourth-order valence-corrected chi connectivity index (χ4v) is 4.91. The smallest absolute Gasteiger partial charge is 0.0237 e. The van der Waals surface area contributed by atoms with E-state index < -0.39 is 0 Å². The molecular weight excluding hydrogens is 259 g/mol. The van der Waals surface area contributed by atoms with Crippen LogP contribution in [0, 0.1) is 0 Å². The van der Waals surface area contributed by atoms with Crippen LogP contribution in [0.2, 0.25) is 0 Å². The zero-order valence-corrected chi connectivity index (χ0v) is 13.9. The predicted octanol–water partition coefficient (Wildman–Crippen LogP) is 6.19. The van der Waals surface area contributed by atoms with E-state index in [0.717, 1.165) is 5.66 Å². The van der Waals surface area contributed by atoms with Crippen molar-refractivity contribution < 1.29 is 0 Å². The van der Waals surface area contributed by atoms with E-state index in [1.807, 2.05) is 0 Å². The normalized spacial score (nSPS) is 20.0. The summed E-state index contributed by atoms with van der Waals surface area (Å²) in [7, 11) is 1.19. The Kier molecular flexibility index (Phi) is 8.32. The topological polar surface area (TPSA) is 0 Å². The number of hydrogen-bond acceptors (Lipinski definition) is 0. The van der Waals surface area contributed by atoms with Crippen LogP contribution in [0.4, 0.5) is 0 Å². The molecule has 0 heterocycles. The summed E-state index contributed by atoms with van der Waals surface area (Å²) in [5, 5.41) is 0. The molecule has 1 aromatic carbocycles. The van der Waals surface area contributed by atoms with Crippen LogP contribution in [-0.2, 0) is 6.42 Å². The molecule has 0 N–H and O–H groups in total. The maximum Gasteiger partial charge on any atom is -0.0237 e. The molecule has 0 nitrogen and oxygen atoms in total. The van der Waals surface area contributed by atoms with E-state index >= 15 is 0 Å². The maximum absolute atomic E-state index is 2.28. The van der Waals surface area contributed by atoms with Gasteiger partial charge in [0.05, 0.1) is 0 Å². The second kappa shape index (κ2) is 10.4. The quantitative estimate of drug-likeness (QED) is 0.580. The van der Waals surface area contributed by atoms with Gasteiger partial charge in [-0.15, -0.1) is 8.58 Å². The Bertz CT molecular complexity index is 321. The van der Waals surface area contributed by atoms with Crippen molar-refractivity contribution in [3.05, 3.63) is 35.9 Å². The molecule has 0 saturated heterocycles. The molecule has 0 aromatic heterocycles. The molecule has 1 heteroatoms. The monoisotopic (exact) mass is 290 g/mol. The summed E-state index contributed by atoms with van der Waals surface area (Å²) < 4.78 is 0. The molecule has 0 aliphatic heterocycles. The number of rotatable bonds is 4. The zero-order chi connectivity index (χ0) is 13.9. The highest BCUT2D eigenvalue weighted by Crippen LogP contribution is 2.30. The third-order valence-corrected chi connectivity index (χ3v) is 6.24. The first-order valence-corrected chi connectivity index (χ1v) is 10.0. The Balaban J connectivity index is 1.68. The van der Waals surface area contributed by atoms with Gasteiger partial charge in [0, 0.05) is 0 Å².